The highest BCUT2D eigenvalue weighted by Gasteiger charge is 2.50. The maximum atomic E-state index is 13.1. The zero-order valence-corrected chi connectivity index (χ0v) is 16.5. The van der Waals surface area contributed by atoms with Gasteiger partial charge in [0, 0.05) is 36.2 Å². The van der Waals surface area contributed by atoms with Gasteiger partial charge in [0.2, 0.25) is 5.91 Å². The van der Waals surface area contributed by atoms with Crippen LogP contribution in [0, 0.1) is 0 Å². The number of carbonyl (C=O) groups is 2. The van der Waals surface area contributed by atoms with Crippen molar-refractivity contribution in [3.8, 4) is 11.5 Å². The fraction of sp³-hybridized carbons (Fsp3) is 0.350. The summed E-state index contributed by atoms with van der Waals surface area (Å²) in [5, 5.41) is 2.77. The predicted molar refractivity (Wildman–Crippen MR) is 106 cm³/mol. The maximum Gasteiger partial charge on any atom is 0.260 e. The van der Waals surface area contributed by atoms with Gasteiger partial charge in [0.15, 0.2) is 11.5 Å². The first-order valence-corrected chi connectivity index (χ1v) is 10.1. The Hall–Kier alpha value is -2.74. The average molecular weight is 399 g/mol. The lowest BCUT2D eigenvalue weighted by Gasteiger charge is -2.22. The number of ether oxygens (including phenoxy) is 2. The molecule has 1 aromatic heterocycles. The van der Waals surface area contributed by atoms with E-state index in [1.807, 2.05) is 24.3 Å². The van der Waals surface area contributed by atoms with E-state index >= 15 is 0 Å². The van der Waals surface area contributed by atoms with Crippen LogP contribution in [-0.2, 0) is 11.2 Å². The summed E-state index contributed by atoms with van der Waals surface area (Å²) in [6, 6.07) is 8.88. The summed E-state index contributed by atoms with van der Waals surface area (Å²) in [7, 11) is 3.06. The van der Waals surface area contributed by atoms with Gasteiger partial charge in [-0.1, -0.05) is 12.1 Å². The van der Waals surface area contributed by atoms with Gasteiger partial charge in [-0.05, 0) is 18.2 Å². The molecule has 8 heteroatoms. The standard InChI is InChI=1S/C20H21N3O4S/c1-26-15-7-6-13-16(17(15)27-2)19(25)23-14(11-28-20(13)23)18(24)22-10-8-12-5-3-4-9-21-12/h3-7,9,14,20H,8,10-11H2,1-2H3,(H,22,24). The third-order valence-corrected chi connectivity index (χ3v) is 6.31. The molecule has 2 aliphatic heterocycles. The molecule has 2 amide bonds. The Morgan fingerprint density at radius 2 is 2.14 bits per heavy atom. The van der Waals surface area contributed by atoms with Crippen molar-refractivity contribution in [3.63, 3.8) is 0 Å². The highest BCUT2D eigenvalue weighted by molar-refractivity contribution is 7.99. The summed E-state index contributed by atoms with van der Waals surface area (Å²) >= 11 is 1.59. The Bertz CT molecular complexity index is 906. The fourth-order valence-electron chi connectivity index (χ4n) is 3.67. The summed E-state index contributed by atoms with van der Waals surface area (Å²) in [4.78, 5) is 31.8. The van der Waals surface area contributed by atoms with Gasteiger partial charge in [0.1, 0.15) is 11.4 Å². The Kier molecular flexibility index (Phi) is 5.13. The monoisotopic (exact) mass is 399 g/mol. The van der Waals surface area contributed by atoms with Crippen molar-refractivity contribution in [1.29, 1.82) is 0 Å². The first-order chi connectivity index (χ1) is 13.7. The minimum atomic E-state index is -0.505. The Labute approximate surface area is 167 Å². The molecule has 0 spiro atoms. The van der Waals surface area contributed by atoms with Crippen molar-refractivity contribution in [1.82, 2.24) is 15.2 Å². The van der Waals surface area contributed by atoms with Gasteiger partial charge in [-0.15, -0.1) is 11.8 Å². The average Bonchev–Trinajstić information content (AvgIpc) is 3.28. The van der Waals surface area contributed by atoms with Crippen LogP contribution in [-0.4, -0.2) is 54.3 Å². The molecule has 0 saturated carbocycles. The molecule has 0 radical (unpaired) electrons. The molecular formula is C20H21N3O4S. The lowest BCUT2D eigenvalue weighted by atomic mass is 10.1. The minimum Gasteiger partial charge on any atom is -0.493 e. The molecule has 3 heterocycles. The number of fused-ring (bicyclic) bond motifs is 3. The van der Waals surface area contributed by atoms with Crippen molar-refractivity contribution in [3.05, 3.63) is 53.3 Å². The number of rotatable bonds is 6. The summed E-state index contributed by atoms with van der Waals surface area (Å²) in [5.41, 5.74) is 2.28. The van der Waals surface area contributed by atoms with Gasteiger partial charge in [-0.25, -0.2) is 0 Å². The largest absolute Gasteiger partial charge is 0.493 e. The number of thioether (sulfide) groups is 1. The zero-order valence-electron chi connectivity index (χ0n) is 15.7. The molecule has 146 valence electrons. The third-order valence-electron chi connectivity index (χ3n) is 5.00. The number of benzene rings is 1. The van der Waals surface area contributed by atoms with Crippen LogP contribution in [0.4, 0.5) is 0 Å². The molecule has 1 fully saturated rings. The number of aromatic nitrogens is 1. The number of amides is 2. The van der Waals surface area contributed by atoms with E-state index in [1.165, 1.54) is 14.2 Å². The van der Waals surface area contributed by atoms with Crippen molar-refractivity contribution in [2.75, 3.05) is 26.5 Å². The second kappa shape index (κ2) is 7.71. The van der Waals surface area contributed by atoms with E-state index < -0.39 is 6.04 Å². The zero-order chi connectivity index (χ0) is 19.7. The maximum absolute atomic E-state index is 13.1. The molecule has 1 N–H and O–H groups in total. The van der Waals surface area contributed by atoms with E-state index in [-0.39, 0.29) is 17.2 Å². The van der Waals surface area contributed by atoms with E-state index in [2.05, 4.69) is 10.3 Å². The summed E-state index contributed by atoms with van der Waals surface area (Å²) in [5.74, 6) is 1.18. The number of carbonyl (C=O) groups excluding carboxylic acids is 2. The number of hydrogen-bond donors (Lipinski definition) is 1. The number of pyridine rings is 1. The molecule has 1 aromatic carbocycles. The number of methoxy groups -OCH3 is 2. The van der Waals surface area contributed by atoms with Gasteiger partial charge in [-0.3, -0.25) is 14.6 Å². The van der Waals surface area contributed by atoms with E-state index in [4.69, 9.17) is 9.47 Å². The first kappa shape index (κ1) is 18.6. The molecule has 2 atom stereocenters. The van der Waals surface area contributed by atoms with E-state index in [9.17, 15) is 9.59 Å². The van der Waals surface area contributed by atoms with E-state index in [0.29, 0.717) is 35.8 Å². The predicted octanol–water partition coefficient (Wildman–Crippen LogP) is 2.03. The highest BCUT2D eigenvalue weighted by atomic mass is 32.2. The summed E-state index contributed by atoms with van der Waals surface area (Å²) < 4.78 is 10.7. The van der Waals surface area contributed by atoms with Gasteiger partial charge < -0.3 is 19.7 Å². The second-order valence-electron chi connectivity index (χ2n) is 6.54. The van der Waals surface area contributed by atoms with Crippen LogP contribution in [0.5, 0.6) is 11.5 Å². The lowest BCUT2D eigenvalue weighted by molar-refractivity contribution is -0.124. The normalized spacial score (nSPS) is 19.9. The second-order valence-corrected chi connectivity index (χ2v) is 7.65. The van der Waals surface area contributed by atoms with Crippen molar-refractivity contribution < 1.29 is 19.1 Å². The van der Waals surface area contributed by atoms with Crippen molar-refractivity contribution in [2.45, 2.75) is 17.8 Å². The third kappa shape index (κ3) is 3.07. The number of hydrogen-bond acceptors (Lipinski definition) is 6. The number of nitrogens with one attached hydrogen (secondary N) is 1. The van der Waals surface area contributed by atoms with Crippen LogP contribution in [0.15, 0.2) is 36.5 Å². The molecule has 4 rings (SSSR count). The highest BCUT2D eigenvalue weighted by Crippen LogP contribution is 2.52. The van der Waals surface area contributed by atoms with Crippen LogP contribution >= 0.6 is 11.8 Å². The molecule has 0 aliphatic carbocycles. The Balaban J connectivity index is 1.49. The van der Waals surface area contributed by atoms with E-state index in [1.54, 1.807) is 28.9 Å². The van der Waals surface area contributed by atoms with Gasteiger partial charge in [0.05, 0.1) is 19.8 Å². The summed E-state index contributed by atoms with van der Waals surface area (Å²) in [6.07, 6.45) is 2.38. The molecule has 28 heavy (non-hydrogen) atoms. The molecule has 0 bridgehead atoms. The van der Waals surface area contributed by atoms with E-state index in [0.717, 1.165) is 11.3 Å². The topological polar surface area (TPSA) is 80.8 Å². The molecule has 2 aromatic rings. The van der Waals surface area contributed by atoms with Crippen LogP contribution < -0.4 is 14.8 Å². The van der Waals surface area contributed by atoms with Crippen LogP contribution in [0.25, 0.3) is 0 Å². The molecular weight excluding hydrogens is 378 g/mol. The Morgan fingerprint density at radius 3 is 2.86 bits per heavy atom. The lowest BCUT2D eigenvalue weighted by Crippen LogP contribution is -2.46. The Morgan fingerprint density at radius 1 is 1.29 bits per heavy atom. The van der Waals surface area contributed by atoms with Crippen LogP contribution in [0.2, 0.25) is 0 Å². The van der Waals surface area contributed by atoms with Gasteiger partial charge in [0.25, 0.3) is 5.91 Å². The molecule has 1 saturated heterocycles. The van der Waals surface area contributed by atoms with Crippen molar-refractivity contribution in [2.24, 2.45) is 0 Å². The smallest absolute Gasteiger partial charge is 0.260 e. The molecule has 7 nitrogen and oxygen atoms in total. The van der Waals surface area contributed by atoms with Crippen LogP contribution in [0.3, 0.4) is 0 Å². The first-order valence-electron chi connectivity index (χ1n) is 9.02. The number of nitrogens with zero attached hydrogens (tertiary/aromatic N) is 2. The quantitative estimate of drug-likeness (QED) is 0.801. The molecule has 2 unspecified atom stereocenters. The minimum absolute atomic E-state index is 0.141. The van der Waals surface area contributed by atoms with Crippen LogP contribution in [0.1, 0.15) is 27.0 Å². The fourth-order valence-corrected chi connectivity index (χ4v) is 5.13. The van der Waals surface area contributed by atoms with Crippen molar-refractivity contribution >= 4 is 23.6 Å². The summed E-state index contributed by atoms with van der Waals surface area (Å²) in [6.45, 7) is 0.480. The van der Waals surface area contributed by atoms with Gasteiger partial charge in [-0.2, -0.15) is 0 Å². The van der Waals surface area contributed by atoms with Gasteiger partial charge >= 0.3 is 0 Å². The molecule has 2 aliphatic rings. The SMILES string of the molecule is COc1ccc2c(c1OC)C(=O)N1C(C(=O)NCCc3ccccn3)CSC21.